The Morgan fingerprint density at radius 2 is 1.89 bits per heavy atom. The Labute approximate surface area is 267 Å². The van der Waals surface area contributed by atoms with E-state index in [9.17, 15) is 14.7 Å². The number of thiazole rings is 1. The molecular formula is C36H38N2O6S. The predicted octanol–water partition coefficient (Wildman–Crippen LogP) is 7.69. The molecule has 4 aromatic rings. The van der Waals surface area contributed by atoms with Gasteiger partial charge in [0.25, 0.3) is 5.78 Å². The summed E-state index contributed by atoms with van der Waals surface area (Å²) in [5.41, 5.74) is 4.82. The molecule has 3 aromatic carbocycles. The number of rotatable bonds is 9. The monoisotopic (exact) mass is 626 g/mol. The van der Waals surface area contributed by atoms with Crippen LogP contribution in [0.25, 0.3) is 16.0 Å². The lowest BCUT2D eigenvalue weighted by Crippen LogP contribution is -2.29. The summed E-state index contributed by atoms with van der Waals surface area (Å²) in [6.07, 6.45) is 1.59. The molecule has 0 saturated carbocycles. The second kappa shape index (κ2) is 12.2. The van der Waals surface area contributed by atoms with Gasteiger partial charge >= 0.3 is 5.91 Å². The van der Waals surface area contributed by atoms with Crippen LogP contribution in [0.3, 0.4) is 0 Å². The minimum absolute atomic E-state index is 0.00463. The van der Waals surface area contributed by atoms with Crippen LogP contribution < -0.4 is 19.1 Å². The number of aliphatic hydroxyl groups excluding tert-OH is 1. The lowest BCUT2D eigenvalue weighted by molar-refractivity contribution is -0.132. The molecule has 0 bridgehead atoms. The Kier molecular flexibility index (Phi) is 8.31. The number of aromatic nitrogens is 1. The summed E-state index contributed by atoms with van der Waals surface area (Å²) in [7, 11) is 0. The number of anilines is 1. The molecule has 2 aliphatic rings. The van der Waals surface area contributed by atoms with E-state index in [-0.39, 0.29) is 17.4 Å². The first-order valence-electron chi connectivity index (χ1n) is 15.4. The average Bonchev–Trinajstić information content (AvgIpc) is 3.65. The molecule has 0 radical (unpaired) electrons. The van der Waals surface area contributed by atoms with E-state index in [1.807, 2.05) is 52.0 Å². The molecule has 0 spiro atoms. The van der Waals surface area contributed by atoms with Crippen molar-refractivity contribution in [1.29, 1.82) is 0 Å². The largest absolute Gasteiger partial charge is 0.507 e. The maximum atomic E-state index is 13.9. The summed E-state index contributed by atoms with van der Waals surface area (Å²) in [6, 6.07) is 13.9. The Morgan fingerprint density at radius 3 is 2.64 bits per heavy atom. The number of carbonyl (C=O) groups excluding carboxylic acids is 2. The third-order valence-corrected chi connectivity index (χ3v) is 9.18. The molecule has 0 aliphatic carbocycles. The minimum Gasteiger partial charge on any atom is -0.507 e. The molecule has 9 heteroatoms. The van der Waals surface area contributed by atoms with E-state index in [4.69, 9.17) is 19.2 Å². The third kappa shape index (κ3) is 5.77. The van der Waals surface area contributed by atoms with Crippen LogP contribution in [-0.4, -0.2) is 41.1 Å². The van der Waals surface area contributed by atoms with Crippen LogP contribution in [-0.2, 0) is 16.0 Å². The van der Waals surface area contributed by atoms with Gasteiger partial charge in [-0.2, -0.15) is 0 Å². The molecule has 1 amide bonds. The van der Waals surface area contributed by atoms with Crippen molar-refractivity contribution < 1.29 is 28.9 Å². The van der Waals surface area contributed by atoms with Crippen molar-refractivity contribution in [2.75, 3.05) is 18.1 Å². The number of Topliss-reactive ketones (excluding diaryl/α,β-unsaturated/α-hetero) is 1. The van der Waals surface area contributed by atoms with Crippen molar-refractivity contribution in [1.82, 2.24) is 4.98 Å². The number of nitrogens with zero attached hydrogens (tertiary/aromatic N) is 2. The lowest BCUT2D eigenvalue weighted by atomic mass is 9.94. The zero-order chi connectivity index (χ0) is 32.0. The molecule has 1 N–H and O–H groups in total. The van der Waals surface area contributed by atoms with Crippen molar-refractivity contribution >= 4 is 44.1 Å². The molecule has 2 atom stereocenters. The zero-order valence-electron chi connectivity index (χ0n) is 26.5. The van der Waals surface area contributed by atoms with Gasteiger partial charge in [-0.3, -0.25) is 14.5 Å². The number of amides is 1. The van der Waals surface area contributed by atoms with Crippen LogP contribution in [0.4, 0.5) is 5.13 Å². The second-order valence-electron chi connectivity index (χ2n) is 12.2. The number of aryl methyl sites for hydroxylation is 2. The Hall–Kier alpha value is -4.37. The molecule has 3 heterocycles. The van der Waals surface area contributed by atoms with Gasteiger partial charge in [0.1, 0.15) is 17.6 Å². The highest BCUT2D eigenvalue weighted by Crippen LogP contribution is 2.46. The second-order valence-corrected chi connectivity index (χ2v) is 13.2. The topological polar surface area (TPSA) is 98.2 Å². The average molecular weight is 627 g/mol. The van der Waals surface area contributed by atoms with E-state index >= 15 is 0 Å². The number of ether oxygens (including phenoxy) is 3. The van der Waals surface area contributed by atoms with Crippen molar-refractivity contribution in [3.05, 3.63) is 81.9 Å². The molecule has 1 saturated heterocycles. The fourth-order valence-corrected chi connectivity index (χ4v) is 7.19. The highest BCUT2D eigenvalue weighted by molar-refractivity contribution is 7.22. The maximum Gasteiger partial charge on any atom is 0.301 e. The fraction of sp³-hybridized carbons (Fsp3) is 0.361. The van der Waals surface area contributed by atoms with Gasteiger partial charge in [-0.15, -0.1) is 0 Å². The van der Waals surface area contributed by atoms with E-state index in [1.54, 1.807) is 24.3 Å². The molecule has 45 heavy (non-hydrogen) atoms. The third-order valence-electron chi connectivity index (χ3n) is 8.17. The molecule has 8 nitrogen and oxygen atoms in total. The highest BCUT2D eigenvalue weighted by atomic mass is 32.1. The van der Waals surface area contributed by atoms with Crippen LogP contribution >= 0.6 is 11.3 Å². The van der Waals surface area contributed by atoms with E-state index in [1.165, 1.54) is 16.2 Å². The first kappa shape index (κ1) is 30.6. The maximum absolute atomic E-state index is 13.9. The summed E-state index contributed by atoms with van der Waals surface area (Å²) in [5, 5.41) is 12.2. The number of aliphatic hydroxyl groups is 1. The van der Waals surface area contributed by atoms with Crippen LogP contribution in [0.5, 0.6) is 17.2 Å². The Morgan fingerprint density at radius 1 is 1.09 bits per heavy atom. The number of benzene rings is 3. The SMILES string of the molecule is CCOc1cc(C2/C(=C(\O)c3ccc4c(c3)CC(C)O4)C(=O)C(=O)N2c2nc3c(C)cc(C)cc3s2)ccc1OCCC(C)C. The molecule has 2 unspecified atom stereocenters. The zero-order valence-corrected chi connectivity index (χ0v) is 27.3. The van der Waals surface area contributed by atoms with Gasteiger partial charge in [0.15, 0.2) is 16.6 Å². The predicted molar refractivity (Wildman–Crippen MR) is 177 cm³/mol. The van der Waals surface area contributed by atoms with Gasteiger partial charge in [-0.25, -0.2) is 4.98 Å². The molecule has 1 aromatic heterocycles. The van der Waals surface area contributed by atoms with Crippen LogP contribution in [0.2, 0.25) is 0 Å². The summed E-state index contributed by atoms with van der Waals surface area (Å²) in [4.78, 5) is 34.0. The summed E-state index contributed by atoms with van der Waals surface area (Å²) in [6.45, 7) is 13.1. The molecular weight excluding hydrogens is 588 g/mol. The smallest absolute Gasteiger partial charge is 0.301 e. The van der Waals surface area contributed by atoms with Crippen LogP contribution in [0.15, 0.2) is 54.1 Å². The first-order valence-corrected chi connectivity index (χ1v) is 16.3. The van der Waals surface area contributed by atoms with Crippen LogP contribution in [0, 0.1) is 19.8 Å². The normalized spacial score (nSPS) is 19.0. The Balaban J connectivity index is 1.51. The van der Waals surface area contributed by atoms with Gasteiger partial charge in [0.05, 0.1) is 35.0 Å². The number of carbonyl (C=O) groups is 2. The van der Waals surface area contributed by atoms with Gasteiger partial charge in [-0.1, -0.05) is 37.3 Å². The minimum atomic E-state index is -0.945. The molecule has 234 valence electrons. The molecule has 6 rings (SSSR count). The standard InChI is InChI=1S/C36H38N2O6S/c1-7-42-28-18-23(8-11-27(28)43-13-12-19(2)3)32-30(33(39)24-9-10-26-25(17-24)16-22(6)44-26)34(40)35(41)38(32)36-37-31-21(5)14-20(4)15-29(31)45-36/h8-11,14-15,17-19,22,32,39H,7,12-13,16H2,1-6H3/b33-30+. The Bertz CT molecular complexity index is 1840. The van der Waals surface area contributed by atoms with E-state index in [2.05, 4.69) is 13.8 Å². The number of fused-ring (bicyclic) bond motifs is 2. The summed E-state index contributed by atoms with van der Waals surface area (Å²) in [5.74, 6) is 0.557. The quantitative estimate of drug-likeness (QED) is 0.116. The first-order chi connectivity index (χ1) is 21.5. The number of hydrogen-bond donors (Lipinski definition) is 1. The molecule has 1 fully saturated rings. The van der Waals surface area contributed by atoms with Crippen LogP contribution in [0.1, 0.15) is 68.0 Å². The van der Waals surface area contributed by atoms with E-state index in [0.717, 1.165) is 39.1 Å². The summed E-state index contributed by atoms with van der Waals surface area (Å²) >= 11 is 1.35. The van der Waals surface area contributed by atoms with Gasteiger partial charge in [0, 0.05) is 12.0 Å². The molecule has 2 aliphatic heterocycles. The van der Waals surface area contributed by atoms with Gasteiger partial charge in [0.2, 0.25) is 0 Å². The van der Waals surface area contributed by atoms with Crippen molar-refractivity contribution in [2.45, 2.75) is 66.5 Å². The number of hydrogen-bond acceptors (Lipinski definition) is 8. The van der Waals surface area contributed by atoms with E-state index < -0.39 is 17.7 Å². The van der Waals surface area contributed by atoms with E-state index in [0.29, 0.717) is 53.3 Å². The highest BCUT2D eigenvalue weighted by Gasteiger charge is 2.48. The number of ketones is 1. The van der Waals surface area contributed by atoms with Crippen molar-refractivity contribution in [2.24, 2.45) is 5.92 Å². The summed E-state index contributed by atoms with van der Waals surface area (Å²) < 4.78 is 18.8. The fourth-order valence-electron chi connectivity index (χ4n) is 6.02. The lowest BCUT2D eigenvalue weighted by Gasteiger charge is -2.24. The van der Waals surface area contributed by atoms with Crippen molar-refractivity contribution in [3.8, 4) is 17.2 Å². The van der Waals surface area contributed by atoms with Gasteiger partial charge < -0.3 is 19.3 Å². The van der Waals surface area contributed by atoms with Crippen molar-refractivity contribution in [3.63, 3.8) is 0 Å². The van der Waals surface area contributed by atoms with Gasteiger partial charge in [-0.05, 0) is 98.7 Å².